The predicted molar refractivity (Wildman–Crippen MR) is 124 cm³/mol. The number of piperidine rings is 2. The molecule has 194 valence electrons. The van der Waals surface area contributed by atoms with Crippen LogP contribution in [0.1, 0.15) is 36.8 Å². The molecule has 0 atom stereocenters. The first-order valence-electron chi connectivity index (χ1n) is 12.1. The molecule has 0 radical (unpaired) electrons. The van der Waals surface area contributed by atoms with E-state index < -0.39 is 11.9 Å². The van der Waals surface area contributed by atoms with Gasteiger partial charge in [-0.2, -0.15) is 0 Å². The van der Waals surface area contributed by atoms with Crippen LogP contribution in [-0.4, -0.2) is 60.5 Å². The minimum absolute atomic E-state index is 0.0106. The van der Waals surface area contributed by atoms with Crippen molar-refractivity contribution in [2.24, 2.45) is 0 Å². The lowest BCUT2D eigenvalue weighted by Crippen LogP contribution is -2.43. The predicted octanol–water partition coefficient (Wildman–Crippen LogP) is 3.54. The van der Waals surface area contributed by atoms with Crippen molar-refractivity contribution in [1.29, 1.82) is 0 Å². The average molecular weight is 505 g/mol. The van der Waals surface area contributed by atoms with Crippen LogP contribution in [0.2, 0.25) is 0 Å². The van der Waals surface area contributed by atoms with Crippen LogP contribution in [0.4, 0.5) is 8.78 Å². The highest BCUT2D eigenvalue weighted by atomic mass is 19.1. The summed E-state index contributed by atoms with van der Waals surface area (Å²) in [4.78, 5) is 34.7. The summed E-state index contributed by atoms with van der Waals surface area (Å²) in [5.41, 5.74) is 1.77. The second kappa shape index (κ2) is 12.9. The highest BCUT2D eigenvalue weighted by Crippen LogP contribution is 2.18. The van der Waals surface area contributed by atoms with Crippen molar-refractivity contribution < 1.29 is 37.5 Å². The summed E-state index contributed by atoms with van der Waals surface area (Å²) in [7, 11) is 0. The summed E-state index contributed by atoms with van der Waals surface area (Å²) in [6.07, 6.45) is 2.51. The van der Waals surface area contributed by atoms with Crippen LogP contribution in [0.5, 0.6) is 0 Å². The number of rotatable bonds is 8. The van der Waals surface area contributed by atoms with Gasteiger partial charge in [0.15, 0.2) is 0 Å². The van der Waals surface area contributed by atoms with Crippen molar-refractivity contribution in [1.82, 2.24) is 10.1 Å². The molecule has 2 saturated heterocycles. The fourth-order valence-electron chi connectivity index (χ4n) is 4.08. The zero-order chi connectivity index (χ0) is 25.3. The van der Waals surface area contributed by atoms with Crippen molar-refractivity contribution >= 4 is 11.9 Å². The molecule has 8 nitrogen and oxygen atoms in total. The zero-order valence-electron chi connectivity index (χ0n) is 19.9. The van der Waals surface area contributed by atoms with Gasteiger partial charge in [0.05, 0.1) is 25.4 Å². The summed E-state index contributed by atoms with van der Waals surface area (Å²) in [6, 6.07) is 12.3. The molecule has 2 aromatic rings. The molecule has 10 heteroatoms. The SMILES string of the molecule is O=C(ON1CCC(OCc2ccc(F)cc2)CC1)C(=O)ON1CCC(OCc2ccc(F)cc2)CC1. The molecule has 0 amide bonds. The fraction of sp³-hybridized carbons (Fsp3) is 0.462. The molecular weight excluding hydrogens is 474 g/mol. The molecule has 2 heterocycles. The van der Waals surface area contributed by atoms with Gasteiger partial charge in [0.2, 0.25) is 0 Å². The van der Waals surface area contributed by atoms with Crippen molar-refractivity contribution in [3.63, 3.8) is 0 Å². The van der Waals surface area contributed by atoms with E-state index in [1.54, 1.807) is 24.3 Å². The molecule has 0 spiro atoms. The lowest BCUT2D eigenvalue weighted by atomic mass is 10.1. The quantitative estimate of drug-likeness (QED) is 0.506. The molecule has 2 aliphatic heterocycles. The Hall–Kier alpha value is -2.92. The van der Waals surface area contributed by atoms with Crippen LogP contribution in [0, 0.1) is 11.6 Å². The first kappa shape index (κ1) is 26.2. The van der Waals surface area contributed by atoms with Crippen molar-refractivity contribution in [3.8, 4) is 0 Å². The Bertz CT molecular complexity index is 907. The Labute approximate surface area is 208 Å². The maximum Gasteiger partial charge on any atom is 0.438 e. The minimum atomic E-state index is -1.06. The van der Waals surface area contributed by atoms with Crippen molar-refractivity contribution in [3.05, 3.63) is 71.3 Å². The molecule has 0 bridgehead atoms. The van der Waals surface area contributed by atoms with Gasteiger partial charge in [0.1, 0.15) is 11.6 Å². The minimum Gasteiger partial charge on any atom is -0.373 e. The number of benzene rings is 2. The van der Waals surface area contributed by atoms with E-state index in [0.717, 1.165) is 11.1 Å². The van der Waals surface area contributed by atoms with Crippen LogP contribution < -0.4 is 0 Å². The van der Waals surface area contributed by atoms with Crippen molar-refractivity contribution in [2.75, 3.05) is 26.2 Å². The maximum atomic E-state index is 13.0. The molecule has 2 fully saturated rings. The van der Waals surface area contributed by atoms with E-state index >= 15 is 0 Å². The third-order valence-electron chi connectivity index (χ3n) is 6.19. The Morgan fingerprint density at radius 2 is 0.972 bits per heavy atom. The molecular formula is C26H30F2N2O6. The summed E-state index contributed by atoms with van der Waals surface area (Å²) >= 11 is 0. The van der Waals surface area contributed by atoms with Gasteiger partial charge < -0.3 is 19.1 Å². The Balaban J connectivity index is 1.09. The number of carbonyl (C=O) groups excluding carboxylic acids is 2. The zero-order valence-corrected chi connectivity index (χ0v) is 19.9. The summed E-state index contributed by atoms with van der Waals surface area (Å²) < 4.78 is 37.7. The number of carbonyl (C=O) groups is 2. The van der Waals surface area contributed by atoms with Gasteiger partial charge >= 0.3 is 11.9 Å². The number of nitrogens with zero attached hydrogens (tertiary/aromatic N) is 2. The summed E-state index contributed by atoms with van der Waals surface area (Å²) in [5.74, 6) is -2.69. The topological polar surface area (TPSA) is 77.5 Å². The van der Waals surface area contributed by atoms with Crippen molar-refractivity contribution in [2.45, 2.75) is 51.1 Å². The molecule has 0 aliphatic carbocycles. The van der Waals surface area contributed by atoms with Crippen LogP contribution >= 0.6 is 0 Å². The molecule has 0 saturated carbocycles. The van der Waals surface area contributed by atoms with Crippen LogP contribution in [0.3, 0.4) is 0 Å². The van der Waals surface area contributed by atoms with Crippen LogP contribution in [0.25, 0.3) is 0 Å². The van der Waals surface area contributed by atoms with Crippen LogP contribution in [0.15, 0.2) is 48.5 Å². The molecule has 2 aliphatic rings. The Morgan fingerprint density at radius 1 is 0.639 bits per heavy atom. The second-order valence-corrected chi connectivity index (χ2v) is 8.89. The summed E-state index contributed by atoms with van der Waals surface area (Å²) in [5, 5.41) is 2.88. The van der Waals surface area contributed by atoms with Gasteiger partial charge in [-0.25, -0.2) is 18.4 Å². The maximum absolute atomic E-state index is 13.0. The van der Waals surface area contributed by atoms with E-state index in [9.17, 15) is 18.4 Å². The largest absolute Gasteiger partial charge is 0.438 e. The highest BCUT2D eigenvalue weighted by molar-refractivity contribution is 6.29. The normalized spacial score (nSPS) is 18.2. The first-order chi connectivity index (χ1) is 17.4. The van der Waals surface area contributed by atoms with E-state index in [-0.39, 0.29) is 23.8 Å². The average Bonchev–Trinajstić information content (AvgIpc) is 2.89. The third kappa shape index (κ3) is 8.06. The van der Waals surface area contributed by atoms with Gasteiger partial charge in [0.25, 0.3) is 0 Å². The Kier molecular flexibility index (Phi) is 9.35. The van der Waals surface area contributed by atoms with E-state index in [4.69, 9.17) is 19.1 Å². The van der Waals surface area contributed by atoms with Gasteiger partial charge in [-0.1, -0.05) is 24.3 Å². The number of hydrogen-bond acceptors (Lipinski definition) is 8. The van der Waals surface area contributed by atoms with Crippen LogP contribution in [-0.2, 0) is 42.0 Å². The van der Waals surface area contributed by atoms with Gasteiger partial charge in [-0.05, 0) is 61.1 Å². The lowest BCUT2D eigenvalue weighted by Gasteiger charge is -2.31. The number of hydroxylamine groups is 4. The number of ether oxygens (including phenoxy) is 2. The first-order valence-corrected chi connectivity index (χ1v) is 12.1. The molecule has 0 aromatic heterocycles. The summed E-state index contributed by atoms with van der Waals surface area (Å²) in [6.45, 7) is 2.50. The van der Waals surface area contributed by atoms with E-state index in [0.29, 0.717) is 65.1 Å². The standard InChI is InChI=1S/C26H30F2N2O6/c27-21-5-1-19(2-6-21)17-33-23-9-13-29(14-10-23)35-25(31)26(32)36-30-15-11-24(12-16-30)34-18-20-3-7-22(28)8-4-20/h1-8,23-24H,9-18H2. The van der Waals surface area contributed by atoms with Gasteiger partial charge in [0, 0.05) is 26.2 Å². The lowest BCUT2D eigenvalue weighted by molar-refractivity contribution is -0.226. The van der Waals surface area contributed by atoms with E-state index in [1.165, 1.54) is 34.4 Å². The third-order valence-corrected chi connectivity index (χ3v) is 6.19. The van der Waals surface area contributed by atoms with E-state index in [2.05, 4.69) is 0 Å². The fourth-order valence-corrected chi connectivity index (χ4v) is 4.08. The molecule has 36 heavy (non-hydrogen) atoms. The number of halogens is 2. The molecule has 0 N–H and O–H groups in total. The monoisotopic (exact) mass is 504 g/mol. The van der Waals surface area contributed by atoms with Gasteiger partial charge in [-0.15, -0.1) is 10.1 Å². The second-order valence-electron chi connectivity index (χ2n) is 8.89. The van der Waals surface area contributed by atoms with E-state index in [1.807, 2.05) is 0 Å². The van der Waals surface area contributed by atoms with Gasteiger partial charge in [-0.3, -0.25) is 0 Å². The molecule has 2 aromatic carbocycles. The molecule has 4 rings (SSSR count). The smallest absolute Gasteiger partial charge is 0.373 e. The number of hydrogen-bond donors (Lipinski definition) is 0. The Morgan fingerprint density at radius 3 is 1.31 bits per heavy atom. The molecule has 0 unspecified atom stereocenters. The highest BCUT2D eigenvalue weighted by Gasteiger charge is 2.29.